The minimum atomic E-state index is -0.583. The summed E-state index contributed by atoms with van der Waals surface area (Å²) in [4.78, 5) is 2.01. The third-order valence-corrected chi connectivity index (χ3v) is 3.44. The Balaban J connectivity index is 1.63. The lowest BCUT2D eigenvalue weighted by Crippen LogP contribution is -2.24. The van der Waals surface area contributed by atoms with Gasteiger partial charge in [-0.05, 0) is 36.9 Å². The van der Waals surface area contributed by atoms with Crippen molar-refractivity contribution in [2.75, 3.05) is 26.8 Å². The lowest BCUT2D eigenvalue weighted by atomic mass is 10.1. The first-order valence-corrected chi connectivity index (χ1v) is 7.01. The maximum atomic E-state index is 10.4. The zero-order valence-electron chi connectivity index (χ0n) is 12.0. The first kappa shape index (κ1) is 14.0. The Morgan fingerprint density at radius 3 is 2.76 bits per heavy atom. The molecule has 112 valence electrons. The van der Waals surface area contributed by atoms with Crippen molar-refractivity contribution in [3.63, 3.8) is 0 Å². The van der Waals surface area contributed by atoms with Gasteiger partial charge in [-0.3, -0.25) is 4.90 Å². The van der Waals surface area contributed by atoms with Crippen molar-refractivity contribution in [1.29, 1.82) is 0 Å². The summed E-state index contributed by atoms with van der Waals surface area (Å²) in [6.45, 7) is 2.29. The summed E-state index contributed by atoms with van der Waals surface area (Å²) in [6, 6.07) is 9.35. The molecular formula is C16H19NO4. The fourth-order valence-corrected chi connectivity index (χ4v) is 2.40. The van der Waals surface area contributed by atoms with E-state index in [1.165, 1.54) is 0 Å². The highest BCUT2D eigenvalue weighted by Gasteiger charge is 2.17. The van der Waals surface area contributed by atoms with Gasteiger partial charge in [-0.25, -0.2) is 0 Å². The van der Waals surface area contributed by atoms with Crippen LogP contribution in [0.2, 0.25) is 0 Å². The number of ether oxygens (including phenoxy) is 2. The summed E-state index contributed by atoms with van der Waals surface area (Å²) >= 11 is 0. The average molecular weight is 289 g/mol. The number of nitrogens with zero attached hydrogens (tertiary/aromatic N) is 1. The first-order valence-electron chi connectivity index (χ1n) is 7.01. The lowest BCUT2D eigenvalue weighted by Gasteiger charge is -2.22. The molecule has 5 heteroatoms. The van der Waals surface area contributed by atoms with E-state index in [9.17, 15) is 5.11 Å². The molecule has 0 fully saturated rings. The monoisotopic (exact) mass is 289 g/mol. The minimum Gasteiger partial charge on any atom is -0.486 e. The van der Waals surface area contributed by atoms with Gasteiger partial charge in [-0.2, -0.15) is 0 Å². The first-order chi connectivity index (χ1) is 10.2. The Bertz CT molecular complexity index is 582. The van der Waals surface area contributed by atoms with Crippen LogP contribution in [0.15, 0.2) is 41.0 Å². The summed E-state index contributed by atoms with van der Waals surface area (Å²) in [6.07, 6.45) is 1.07. The maximum Gasteiger partial charge on any atom is 0.161 e. The maximum absolute atomic E-state index is 10.4. The molecule has 0 aliphatic carbocycles. The molecule has 1 aromatic heterocycles. The standard InChI is InChI=1S/C16H19NO4/c1-17(10-13-3-2-6-19-13)11-14(18)12-4-5-15-16(9-12)21-8-7-20-15/h2-6,9,14,18H,7-8,10-11H2,1H3/t14-/m1/s1. The highest BCUT2D eigenvalue weighted by molar-refractivity contribution is 5.44. The van der Waals surface area contributed by atoms with Crippen LogP contribution in [0.5, 0.6) is 11.5 Å². The van der Waals surface area contributed by atoms with Crippen LogP contribution in [0.3, 0.4) is 0 Å². The molecule has 1 aliphatic heterocycles. The molecule has 21 heavy (non-hydrogen) atoms. The van der Waals surface area contributed by atoms with Gasteiger partial charge in [-0.15, -0.1) is 0 Å². The molecule has 0 saturated carbocycles. The number of benzene rings is 1. The van der Waals surface area contributed by atoms with Gasteiger partial charge in [0.1, 0.15) is 19.0 Å². The number of hydrogen-bond donors (Lipinski definition) is 1. The third-order valence-electron chi connectivity index (χ3n) is 3.44. The zero-order valence-corrected chi connectivity index (χ0v) is 12.0. The van der Waals surface area contributed by atoms with Gasteiger partial charge in [0.15, 0.2) is 11.5 Å². The Morgan fingerprint density at radius 1 is 1.19 bits per heavy atom. The van der Waals surface area contributed by atoms with E-state index >= 15 is 0 Å². The van der Waals surface area contributed by atoms with Crippen molar-refractivity contribution in [2.24, 2.45) is 0 Å². The average Bonchev–Trinajstić information content (AvgIpc) is 2.99. The van der Waals surface area contributed by atoms with E-state index in [-0.39, 0.29) is 0 Å². The normalized spacial score (nSPS) is 15.2. The van der Waals surface area contributed by atoms with E-state index < -0.39 is 6.10 Å². The van der Waals surface area contributed by atoms with E-state index in [4.69, 9.17) is 13.9 Å². The van der Waals surface area contributed by atoms with Gasteiger partial charge in [0, 0.05) is 6.54 Å². The number of hydrogen-bond acceptors (Lipinski definition) is 5. The summed E-state index contributed by atoms with van der Waals surface area (Å²) in [5.74, 6) is 2.32. The van der Waals surface area contributed by atoms with E-state index in [2.05, 4.69) is 0 Å². The van der Waals surface area contributed by atoms with Crippen LogP contribution in [0.25, 0.3) is 0 Å². The molecule has 1 atom stereocenters. The Hall–Kier alpha value is -1.98. The highest BCUT2D eigenvalue weighted by Crippen LogP contribution is 2.32. The van der Waals surface area contributed by atoms with Gasteiger partial charge in [-0.1, -0.05) is 6.07 Å². The molecule has 0 saturated heterocycles. The predicted molar refractivity (Wildman–Crippen MR) is 77.4 cm³/mol. The molecular weight excluding hydrogens is 270 g/mol. The molecule has 0 bridgehead atoms. The van der Waals surface area contributed by atoms with Gasteiger partial charge in [0.05, 0.1) is 18.9 Å². The van der Waals surface area contributed by atoms with Crippen molar-refractivity contribution >= 4 is 0 Å². The quantitative estimate of drug-likeness (QED) is 0.914. The summed E-state index contributed by atoms with van der Waals surface area (Å²) in [5.41, 5.74) is 0.825. The SMILES string of the molecule is CN(Cc1ccco1)C[C@@H](O)c1ccc2c(c1)OCCO2. The van der Waals surface area contributed by atoms with E-state index in [0.29, 0.717) is 32.1 Å². The molecule has 5 nitrogen and oxygen atoms in total. The molecule has 0 amide bonds. The molecule has 1 aromatic carbocycles. The Labute approximate surface area is 123 Å². The second-order valence-electron chi connectivity index (χ2n) is 5.20. The van der Waals surface area contributed by atoms with Crippen LogP contribution < -0.4 is 9.47 Å². The van der Waals surface area contributed by atoms with E-state index in [1.54, 1.807) is 6.26 Å². The molecule has 2 aromatic rings. The number of aliphatic hydroxyl groups excluding tert-OH is 1. The summed E-state index contributed by atoms with van der Waals surface area (Å²) < 4.78 is 16.3. The number of furan rings is 1. The van der Waals surface area contributed by atoms with Crippen molar-refractivity contribution in [2.45, 2.75) is 12.6 Å². The predicted octanol–water partition coefficient (Wildman–Crippen LogP) is 2.22. The largest absolute Gasteiger partial charge is 0.486 e. The molecule has 1 N–H and O–H groups in total. The minimum absolute atomic E-state index is 0.514. The van der Waals surface area contributed by atoms with Crippen LogP contribution in [0.1, 0.15) is 17.4 Å². The second-order valence-corrected chi connectivity index (χ2v) is 5.20. The van der Waals surface area contributed by atoms with Crippen LogP contribution >= 0.6 is 0 Å². The third kappa shape index (κ3) is 3.37. The second kappa shape index (κ2) is 6.20. The molecule has 2 heterocycles. The van der Waals surface area contributed by atoms with Crippen molar-refractivity contribution in [3.05, 3.63) is 47.9 Å². The van der Waals surface area contributed by atoms with Crippen LogP contribution in [-0.4, -0.2) is 36.8 Å². The summed E-state index contributed by atoms with van der Waals surface area (Å²) in [5, 5.41) is 10.4. The van der Waals surface area contributed by atoms with Gasteiger partial charge >= 0.3 is 0 Å². The lowest BCUT2D eigenvalue weighted by molar-refractivity contribution is 0.119. The van der Waals surface area contributed by atoms with Crippen LogP contribution in [-0.2, 0) is 6.54 Å². The van der Waals surface area contributed by atoms with Gasteiger partial charge < -0.3 is 19.0 Å². The number of fused-ring (bicyclic) bond motifs is 1. The fourth-order valence-electron chi connectivity index (χ4n) is 2.40. The number of aliphatic hydroxyl groups is 1. The smallest absolute Gasteiger partial charge is 0.161 e. The van der Waals surface area contributed by atoms with Crippen molar-refractivity contribution < 1.29 is 19.0 Å². The van der Waals surface area contributed by atoms with Crippen molar-refractivity contribution in [3.8, 4) is 11.5 Å². The Kier molecular flexibility index (Phi) is 4.13. The summed E-state index contributed by atoms with van der Waals surface area (Å²) in [7, 11) is 1.95. The Morgan fingerprint density at radius 2 is 2.00 bits per heavy atom. The fraction of sp³-hybridized carbons (Fsp3) is 0.375. The molecule has 3 rings (SSSR count). The molecule has 0 spiro atoms. The molecule has 0 radical (unpaired) electrons. The van der Waals surface area contributed by atoms with Gasteiger partial charge in [0.25, 0.3) is 0 Å². The van der Waals surface area contributed by atoms with E-state index in [1.807, 2.05) is 42.3 Å². The van der Waals surface area contributed by atoms with Crippen molar-refractivity contribution in [1.82, 2.24) is 4.90 Å². The molecule has 0 unspecified atom stereocenters. The number of rotatable bonds is 5. The molecule has 1 aliphatic rings. The van der Waals surface area contributed by atoms with Crippen LogP contribution in [0.4, 0.5) is 0 Å². The van der Waals surface area contributed by atoms with Crippen LogP contribution in [0, 0.1) is 0 Å². The van der Waals surface area contributed by atoms with Gasteiger partial charge in [0.2, 0.25) is 0 Å². The van der Waals surface area contributed by atoms with E-state index in [0.717, 1.165) is 17.1 Å². The highest BCUT2D eigenvalue weighted by atomic mass is 16.6. The zero-order chi connectivity index (χ0) is 14.7. The number of likely N-dealkylation sites (N-methyl/N-ethyl adjacent to an activating group) is 1. The topological polar surface area (TPSA) is 55.1 Å².